The first-order chi connectivity index (χ1) is 13.7. The summed E-state index contributed by atoms with van der Waals surface area (Å²) in [5.41, 5.74) is 2.53. The molecule has 0 aliphatic heterocycles. The number of hydrogen-bond acceptors (Lipinski definition) is 5. The average Bonchev–Trinajstić information content (AvgIpc) is 3.39. The Morgan fingerprint density at radius 2 is 1.82 bits per heavy atom. The van der Waals surface area contributed by atoms with Crippen molar-refractivity contribution < 1.29 is 0 Å². The van der Waals surface area contributed by atoms with Crippen molar-refractivity contribution in [1.82, 2.24) is 35.3 Å². The van der Waals surface area contributed by atoms with Crippen LogP contribution in [0.2, 0.25) is 0 Å². The van der Waals surface area contributed by atoms with E-state index in [2.05, 4.69) is 56.2 Å². The monoisotopic (exact) mass is 375 g/mol. The molecule has 4 saturated carbocycles. The first-order valence-electron chi connectivity index (χ1n) is 10.3. The lowest BCUT2D eigenvalue weighted by molar-refractivity contribution is -0.0855. The highest BCUT2D eigenvalue weighted by Gasteiger charge is 2.59. The molecule has 0 saturated heterocycles. The van der Waals surface area contributed by atoms with Crippen LogP contribution >= 0.6 is 0 Å². The van der Waals surface area contributed by atoms with Gasteiger partial charge >= 0.3 is 0 Å². The zero-order valence-electron chi connectivity index (χ0n) is 15.9. The molecule has 4 bridgehead atoms. The van der Waals surface area contributed by atoms with Gasteiger partial charge in [0.05, 0.1) is 16.9 Å². The molecule has 2 unspecified atom stereocenters. The molecule has 0 amide bonds. The van der Waals surface area contributed by atoms with E-state index in [1.165, 1.54) is 37.8 Å². The van der Waals surface area contributed by atoms with E-state index in [9.17, 15) is 0 Å². The van der Waals surface area contributed by atoms with E-state index in [-0.39, 0.29) is 11.1 Å². The van der Waals surface area contributed by atoms with Crippen LogP contribution in [0.1, 0.15) is 44.2 Å². The molecule has 144 valence electrons. The van der Waals surface area contributed by atoms with Gasteiger partial charge in [-0.05, 0) is 73.8 Å². The highest BCUT2D eigenvalue weighted by molar-refractivity contribution is 5.32. The van der Waals surface area contributed by atoms with E-state index in [0.29, 0.717) is 0 Å². The van der Waals surface area contributed by atoms with Gasteiger partial charge in [0.25, 0.3) is 0 Å². The first kappa shape index (κ1) is 16.4. The Bertz CT molecular complexity index is 948. The summed E-state index contributed by atoms with van der Waals surface area (Å²) in [7, 11) is 0. The maximum Gasteiger partial charge on any atom is 0.162 e. The summed E-state index contributed by atoms with van der Waals surface area (Å²) in [4.78, 5) is 1.93. The molecule has 7 nitrogen and oxygen atoms in total. The number of aromatic nitrogens is 6. The largest absolute Gasteiger partial charge is 0.305 e. The van der Waals surface area contributed by atoms with Crippen LogP contribution in [0, 0.1) is 11.8 Å². The van der Waals surface area contributed by atoms with Crippen molar-refractivity contribution >= 4 is 0 Å². The van der Waals surface area contributed by atoms with E-state index in [1.54, 1.807) is 6.33 Å². The summed E-state index contributed by atoms with van der Waals surface area (Å²) in [6, 6.07) is 12.5. The van der Waals surface area contributed by atoms with Crippen LogP contribution in [-0.2, 0) is 12.1 Å². The van der Waals surface area contributed by atoms with E-state index in [0.717, 1.165) is 30.5 Å². The number of nitrogens with zero attached hydrogens (tertiary/aromatic N) is 6. The minimum atomic E-state index is 0.0489. The minimum absolute atomic E-state index is 0.0489. The summed E-state index contributed by atoms with van der Waals surface area (Å²) in [5.74, 6) is 1.53. The van der Waals surface area contributed by atoms with Crippen molar-refractivity contribution in [3.05, 3.63) is 54.6 Å². The SMILES string of the molecule is c1ccc(-n2nccc2CNC23CC4CC(C2)CC(n2ncnn2)(C4)C3)cc1. The standard InChI is InChI=1S/C21H25N7/c1-2-4-18(5-3-1)27-19(6-7-24-27)13-22-20-9-16-8-17(10-20)12-21(11-16,14-20)28-25-15-23-26-28/h1-7,15-17,22H,8-14H2. The Hall–Kier alpha value is -2.54. The van der Waals surface area contributed by atoms with Gasteiger partial charge in [-0.15, -0.1) is 10.2 Å². The second kappa shape index (κ2) is 5.98. The van der Waals surface area contributed by atoms with Gasteiger partial charge in [0.1, 0.15) is 0 Å². The molecule has 4 aliphatic rings. The third kappa shape index (κ3) is 2.53. The number of rotatable bonds is 5. The maximum absolute atomic E-state index is 4.55. The molecule has 7 rings (SSSR count). The minimum Gasteiger partial charge on any atom is -0.305 e. The predicted octanol–water partition coefficient (Wildman–Crippen LogP) is 2.70. The second-order valence-electron chi connectivity index (χ2n) is 9.11. The van der Waals surface area contributed by atoms with Crippen LogP contribution in [0.3, 0.4) is 0 Å². The van der Waals surface area contributed by atoms with Crippen molar-refractivity contribution in [2.75, 3.05) is 0 Å². The summed E-state index contributed by atoms with van der Waals surface area (Å²) < 4.78 is 2.04. The Morgan fingerprint density at radius 3 is 2.57 bits per heavy atom. The van der Waals surface area contributed by atoms with Crippen molar-refractivity contribution in [1.29, 1.82) is 0 Å². The van der Waals surface area contributed by atoms with Crippen LogP contribution in [0.5, 0.6) is 0 Å². The van der Waals surface area contributed by atoms with E-state index >= 15 is 0 Å². The Balaban J connectivity index is 1.27. The fourth-order valence-corrected chi connectivity index (χ4v) is 6.58. The molecule has 2 heterocycles. The van der Waals surface area contributed by atoms with Gasteiger partial charge in [-0.25, -0.2) is 4.68 Å². The molecular formula is C21H25N7. The molecule has 1 N–H and O–H groups in total. The van der Waals surface area contributed by atoms with Crippen LogP contribution < -0.4 is 5.32 Å². The third-order valence-corrected chi connectivity index (χ3v) is 7.17. The highest BCUT2D eigenvalue weighted by Crippen LogP contribution is 2.60. The van der Waals surface area contributed by atoms with Crippen LogP contribution in [-0.4, -0.2) is 35.5 Å². The summed E-state index contributed by atoms with van der Waals surface area (Å²) in [6.45, 7) is 0.829. The van der Waals surface area contributed by atoms with E-state index < -0.39 is 0 Å². The molecule has 2 atom stereocenters. The number of para-hydroxylation sites is 1. The average molecular weight is 375 g/mol. The zero-order valence-corrected chi connectivity index (χ0v) is 15.9. The van der Waals surface area contributed by atoms with Crippen molar-refractivity contribution in [3.8, 4) is 5.69 Å². The molecule has 2 aromatic heterocycles. The molecule has 0 spiro atoms. The molecule has 28 heavy (non-hydrogen) atoms. The molecule has 4 aliphatic carbocycles. The fraction of sp³-hybridized carbons (Fsp3) is 0.524. The van der Waals surface area contributed by atoms with Gasteiger partial charge in [0, 0.05) is 18.3 Å². The lowest BCUT2D eigenvalue weighted by Gasteiger charge is -2.61. The van der Waals surface area contributed by atoms with Crippen LogP contribution in [0.25, 0.3) is 5.69 Å². The summed E-state index contributed by atoms with van der Waals surface area (Å²) >= 11 is 0. The molecule has 4 fully saturated rings. The van der Waals surface area contributed by atoms with E-state index in [4.69, 9.17) is 0 Å². The van der Waals surface area contributed by atoms with E-state index in [1.807, 2.05) is 21.7 Å². The van der Waals surface area contributed by atoms with Crippen LogP contribution in [0.15, 0.2) is 48.9 Å². The predicted molar refractivity (Wildman–Crippen MR) is 104 cm³/mol. The van der Waals surface area contributed by atoms with Crippen LogP contribution in [0.4, 0.5) is 0 Å². The lowest BCUT2D eigenvalue weighted by Crippen LogP contribution is -2.65. The van der Waals surface area contributed by atoms with Gasteiger partial charge in [-0.2, -0.15) is 9.90 Å². The van der Waals surface area contributed by atoms with Gasteiger partial charge < -0.3 is 5.32 Å². The normalized spacial score (nSPS) is 33.4. The van der Waals surface area contributed by atoms with Gasteiger partial charge in [-0.3, -0.25) is 0 Å². The number of benzene rings is 1. The number of hydrogen-bond donors (Lipinski definition) is 1. The zero-order chi connectivity index (χ0) is 18.6. The van der Waals surface area contributed by atoms with Gasteiger partial charge in [-0.1, -0.05) is 18.2 Å². The van der Waals surface area contributed by atoms with Crippen molar-refractivity contribution in [2.24, 2.45) is 11.8 Å². The molecular weight excluding hydrogens is 350 g/mol. The molecule has 3 aromatic rings. The highest BCUT2D eigenvalue weighted by atomic mass is 15.6. The molecule has 1 aromatic carbocycles. The summed E-state index contributed by atoms with van der Waals surface area (Å²) in [6.07, 6.45) is 10.9. The second-order valence-corrected chi connectivity index (χ2v) is 9.11. The van der Waals surface area contributed by atoms with Crippen molar-refractivity contribution in [3.63, 3.8) is 0 Å². The number of nitrogens with one attached hydrogen (secondary N) is 1. The first-order valence-corrected chi connectivity index (χ1v) is 10.3. The maximum atomic E-state index is 4.55. The fourth-order valence-electron chi connectivity index (χ4n) is 6.58. The van der Waals surface area contributed by atoms with Gasteiger partial charge in [0.2, 0.25) is 0 Å². The molecule has 7 heteroatoms. The Morgan fingerprint density at radius 1 is 1.00 bits per heavy atom. The van der Waals surface area contributed by atoms with Crippen molar-refractivity contribution in [2.45, 2.75) is 56.1 Å². The lowest BCUT2D eigenvalue weighted by atomic mass is 9.50. The topological polar surface area (TPSA) is 73.5 Å². The summed E-state index contributed by atoms with van der Waals surface area (Å²) in [5, 5.41) is 21.3. The molecule has 0 radical (unpaired) electrons. The third-order valence-electron chi connectivity index (χ3n) is 7.17. The van der Waals surface area contributed by atoms with Gasteiger partial charge in [0.15, 0.2) is 6.33 Å². The Kier molecular flexibility index (Phi) is 3.50. The Labute approximate surface area is 164 Å². The quantitative estimate of drug-likeness (QED) is 0.742. The number of tetrazole rings is 1. The smallest absolute Gasteiger partial charge is 0.162 e.